The number of rotatable bonds is 5. The van der Waals surface area contributed by atoms with E-state index in [1.807, 2.05) is 11.8 Å². The van der Waals surface area contributed by atoms with Crippen molar-refractivity contribution in [2.24, 2.45) is 0 Å². The minimum absolute atomic E-state index is 0.665. The lowest BCUT2D eigenvalue weighted by atomic mass is 9.91. The minimum Gasteiger partial charge on any atom is -0.379 e. The molecule has 142 valence electrons. The van der Waals surface area contributed by atoms with Crippen LogP contribution in [0.5, 0.6) is 0 Å². The normalized spacial score (nSPS) is 21.5. The van der Waals surface area contributed by atoms with Gasteiger partial charge in [-0.3, -0.25) is 4.90 Å². The summed E-state index contributed by atoms with van der Waals surface area (Å²) in [6.45, 7) is 6.12. The highest BCUT2D eigenvalue weighted by molar-refractivity contribution is 7.98. The molecule has 0 radical (unpaired) electrons. The Kier molecular flexibility index (Phi) is 5.60. The van der Waals surface area contributed by atoms with Crippen molar-refractivity contribution >= 4 is 22.7 Å². The molecule has 1 aliphatic heterocycles. The zero-order valence-corrected chi connectivity index (χ0v) is 17.1. The molecule has 5 heteroatoms. The summed E-state index contributed by atoms with van der Waals surface area (Å²) < 4.78 is 8.12. The SMILES string of the molecule is CSc1ccc2c(c1)c1c(n2CCN2CCOCC2)CCC(N(C)C)C1. The van der Waals surface area contributed by atoms with Crippen LogP contribution < -0.4 is 0 Å². The van der Waals surface area contributed by atoms with E-state index in [1.54, 1.807) is 11.3 Å². The Morgan fingerprint density at radius 2 is 2.00 bits per heavy atom. The summed E-state index contributed by atoms with van der Waals surface area (Å²) in [7, 11) is 4.45. The van der Waals surface area contributed by atoms with E-state index in [4.69, 9.17) is 4.74 Å². The van der Waals surface area contributed by atoms with Gasteiger partial charge in [-0.1, -0.05) is 0 Å². The Bertz CT molecular complexity index is 764. The van der Waals surface area contributed by atoms with Crippen LogP contribution in [0.25, 0.3) is 10.9 Å². The molecule has 0 amide bonds. The maximum absolute atomic E-state index is 5.50. The van der Waals surface area contributed by atoms with E-state index < -0.39 is 0 Å². The Morgan fingerprint density at radius 1 is 1.19 bits per heavy atom. The van der Waals surface area contributed by atoms with E-state index in [2.05, 4.69) is 52.9 Å². The van der Waals surface area contributed by atoms with Gasteiger partial charge in [0, 0.05) is 53.7 Å². The number of thioether (sulfide) groups is 1. The second kappa shape index (κ2) is 7.93. The fourth-order valence-corrected chi connectivity index (χ4v) is 4.94. The van der Waals surface area contributed by atoms with Crippen molar-refractivity contribution in [1.82, 2.24) is 14.4 Å². The van der Waals surface area contributed by atoms with Crippen LogP contribution in [0.4, 0.5) is 0 Å². The topological polar surface area (TPSA) is 20.6 Å². The summed E-state index contributed by atoms with van der Waals surface area (Å²) in [5, 5.41) is 1.49. The molecule has 1 aliphatic carbocycles. The predicted octanol–water partition coefficient (Wildman–Crippen LogP) is 3.11. The van der Waals surface area contributed by atoms with Crippen LogP contribution in [-0.2, 0) is 24.1 Å². The molecule has 26 heavy (non-hydrogen) atoms. The molecule has 2 heterocycles. The third-order valence-electron chi connectivity index (χ3n) is 6.12. The zero-order valence-electron chi connectivity index (χ0n) is 16.3. The molecule has 2 aliphatic rings. The summed E-state index contributed by atoms with van der Waals surface area (Å²) in [5.41, 5.74) is 4.62. The van der Waals surface area contributed by atoms with Gasteiger partial charge in [-0.05, 0) is 63.4 Å². The van der Waals surface area contributed by atoms with Gasteiger partial charge in [0.2, 0.25) is 0 Å². The van der Waals surface area contributed by atoms with E-state index >= 15 is 0 Å². The first-order chi connectivity index (χ1) is 12.7. The molecule has 1 aromatic carbocycles. The van der Waals surface area contributed by atoms with Gasteiger partial charge >= 0.3 is 0 Å². The van der Waals surface area contributed by atoms with E-state index in [-0.39, 0.29) is 0 Å². The van der Waals surface area contributed by atoms with Crippen LogP contribution in [0, 0.1) is 0 Å². The van der Waals surface area contributed by atoms with Crippen LogP contribution in [0.1, 0.15) is 17.7 Å². The fourth-order valence-electron chi connectivity index (χ4n) is 4.50. The Balaban J connectivity index is 1.67. The van der Waals surface area contributed by atoms with Crippen molar-refractivity contribution in [2.45, 2.75) is 36.7 Å². The average Bonchev–Trinajstić information content (AvgIpc) is 2.99. The standard InChI is InChI=1S/C21H31N3OS/c1-22(2)16-4-6-20-18(14-16)19-15-17(26-3)5-7-21(19)24(20)9-8-23-10-12-25-13-11-23/h5,7,15-16H,4,6,8-14H2,1-3H3. The van der Waals surface area contributed by atoms with Crippen LogP contribution >= 0.6 is 11.8 Å². The van der Waals surface area contributed by atoms with Gasteiger partial charge in [0.1, 0.15) is 0 Å². The Hall–Kier alpha value is -1.01. The number of ether oxygens (including phenoxy) is 1. The lowest BCUT2D eigenvalue weighted by Crippen LogP contribution is -2.38. The zero-order chi connectivity index (χ0) is 18.1. The molecule has 1 unspecified atom stereocenters. The lowest BCUT2D eigenvalue weighted by molar-refractivity contribution is 0.0364. The number of hydrogen-bond donors (Lipinski definition) is 0. The van der Waals surface area contributed by atoms with Crippen molar-refractivity contribution in [2.75, 3.05) is 53.2 Å². The van der Waals surface area contributed by atoms with Gasteiger partial charge in [-0.25, -0.2) is 0 Å². The summed E-state index contributed by atoms with van der Waals surface area (Å²) in [6, 6.07) is 7.72. The van der Waals surface area contributed by atoms with E-state index in [1.165, 1.54) is 35.1 Å². The van der Waals surface area contributed by atoms with Gasteiger partial charge in [0.05, 0.1) is 13.2 Å². The molecule has 0 N–H and O–H groups in total. The number of fused-ring (bicyclic) bond motifs is 3. The van der Waals surface area contributed by atoms with Crippen molar-refractivity contribution in [3.8, 4) is 0 Å². The Morgan fingerprint density at radius 3 is 2.73 bits per heavy atom. The van der Waals surface area contributed by atoms with Gasteiger partial charge < -0.3 is 14.2 Å². The summed E-state index contributed by atoms with van der Waals surface area (Å²) >= 11 is 1.84. The smallest absolute Gasteiger partial charge is 0.0594 e. The maximum atomic E-state index is 5.50. The molecule has 1 fully saturated rings. The minimum atomic E-state index is 0.665. The molecular weight excluding hydrogens is 342 g/mol. The van der Waals surface area contributed by atoms with Gasteiger partial charge in [-0.15, -0.1) is 11.8 Å². The van der Waals surface area contributed by atoms with Crippen LogP contribution in [0.3, 0.4) is 0 Å². The highest BCUT2D eigenvalue weighted by Gasteiger charge is 2.26. The monoisotopic (exact) mass is 373 g/mol. The van der Waals surface area contributed by atoms with Crippen molar-refractivity contribution < 1.29 is 4.74 Å². The maximum Gasteiger partial charge on any atom is 0.0594 e. The molecule has 0 saturated carbocycles. The quantitative estimate of drug-likeness (QED) is 0.750. The number of nitrogens with zero attached hydrogens (tertiary/aromatic N) is 3. The molecule has 0 spiro atoms. The van der Waals surface area contributed by atoms with Gasteiger partial charge in [-0.2, -0.15) is 0 Å². The van der Waals surface area contributed by atoms with E-state index in [0.29, 0.717) is 6.04 Å². The first-order valence-electron chi connectivity index (χ1n) is 9.82. The van der Waals surface area contributed by atoms with Gasteiger partial charge in [0.15, 0.2) is 0 Å². The van der Waals surface area contributed by atoms with Crippen LogP contribution in [0.15, 0.2) is 23.1 Å². The van der Waals surface area contributed by atoms with Crippen molar-refractivity contribution in [1.29, 1.82) is 0 Å². The highest BCUT2D eigenvalue weighted by atomic mass is 32.2. The summed E-state index contributed by atoms with van der Waals surface area (Å²) in [5.74, 6) is 0. The lowest BCUT2D eigenvalue weighted by Gasteiger charge is -2.30. The van der Waals surface area contributed by atoms with E-state index in [0.717, 1.165) is 39.4 Å². The fraction of sp³-hybridized carbons (Fsp3) is 0.619. The third-order valence-corrected chi connectivity index (χ3v) is 6.85. The molecule has 0 bridgehead atoms. The van der Waals surface area contributed by atoms with Gasteiger partial charge in [0.25, 0.3) is 0 Å². The number of likely N-dealkylation sites (N-methyl/N-ethyl adjacent to an activating group) is 1. The molecular formula is C21H31N3OS. The molecule has 4 nitrogen and oxygen atoms in total. The number of benzene rings is 1. The third kappa shape index (κ3) is 3.55. The summed E-state index contributed by atoms with van der Waals surface area (Å²) in [6.07, 6.45) is 5.82. The van der Waals surface area contributed by atoms with E-state index in [9.17, 15) is 0 Å². The second-order valence-electron chi connectivity index (χ2n) is 7.77. The molecule has 4 rings (SSSR count). The number of hydrogen-bond acceptors (Lipinski definition) is 4. The number of morpholine rings is 1. The second-order valence-corrected chi connectivity index (χ2v) is 8.65. The molecule has 1 aromatic heterocycles. The first-order valence-corrected chi connectivity index (χ1v) is 11.0. The molecule has 2 aromatic rings. The van der Waals surface area contributed by atoms with Crippen molar-refractivity contribution in [3.63, 3.8) is 0 Å². The molecule has 1 saturated heterocycles. The Labute approximate surface area is 161 Å². The van der Waals surface area contributed by atoms with Crippen LogP contribution in [-0.4, -0.2) is 73.6 Å². The van der Waals surface area contributed by atoms with Crippen LogP contribution in [0.2, 0.25) is 0 Å². The predicted molar refractivity (Wildman–Crippen MR) is 110 cm³/mol. The largest absolute Gasteiger partial charge is 0.379 e. The molecule has 1 atom stereocenters. The first kappa shape index (κ1) is 18.4. The van der Waals surface area contributed by atoms with Crippen molar-refractivity contribution in [3.05, 3.63) is 29.5 Å². The summed E-state index contributed by atoms with van der Waals surface area (Å²) in [4.78, 5) is 6.32. The average molecular weight is 374 g/mol. The number of aromatic nitrogens is 1. The highest BCUT2D eigenvalue weighted by Crippen LogP contribution is 2.35.